The standard InChI is InChI=1S/C18H18BrClF3N3O2S/c19-10-1-2-12-13(7-10)29-15(14(12)20)16(27)26-8-11(9-26)24-3-5-25(6-4-24)17(28)18(21,22)23/h1-2,7,11,14-15H,3-6,8-9H2. The zero-order chi connectivity index (χ0) is 20.9. The maximum atomic E-state index is 12.9. The van der Waals surface area contributed by atoms with Crippen LogP contribution in [0.25, 0.3) is 0 Å². The highest BCUT2D eigenvalue weighted by Gasteiger charge is 2.46. The zero-order valence-corrected chi connectivity index (χ0v) is 18.3. The predicted molar refractivity (Wildman–Crippen MR) is 107 cm³/mol. The summed E-state index contributed by atoms with van der Waals surface area (Å²) >= 11 is 11.4. The number of amides is 2. The first-order valence-electron chi connectivity index (χ1n) is 9.14. The number of likely N-dealkylation sites (tertiary alicyclic amines) is 1. The second-order valence-electron chi connectivity index (χ2n) is 7.35. The van der Waals surface area contributed by atoms with Gasteiger partial charge in [0.1, 0.15) is 5.25 Å². The fraction of sp³-hybridized carbons (Fsp3) is 0.556. The van der Waals surface area contributed by atoms with Crippen LogP contribution in [0.15, 0.2) is 27.6 Å². The zero-order valence-electron chi connectivity index (χ0n) is 15.2. The molecule has 0 aromatic heterocycles. The minimum atomic E-state index is -4.83. The first kappa shape index (κ1) is 21.3. The molecule has 11 heteroatoms. The summed E-state index contributed by atoms with van der Waals surface area (Å²) in [6, 6.07) is 5.91. The number of benzene rings is 1. The van der Waals surface area contributed by atoms with Gasteiger partial charge >= 0.3 is 12.1 Å². The molecule has 158 valence electrons. The molecule has 2 unspecified atom stereocenters. The van der Waals surface area contributed by atoms with E-state index in [2.05, 4.69) is 20.8 Å². The molecule has 0 aliphatic carbocycles. The molecule has 3 heterocycles. The van der Waals surface area contributed by atoms with E-state index in [1.807, 2.05) is 18.2 Å². The van der Waals surface area contributed by atoms with E-state index in [9.17, 15) is 22.8 Å². The number of hydrogen-bond acceptors (Lipinski definition) is 4. The largest absolute Gasteiger partial charge is 0.471 e. The van der Waals surface area contributed by atoms with E-state index in [1.54, 1.807) is 4.90 Å². The molecule has 2 fully saturated rings. The van der Waals surface area contributed by atoms with Crippen LogP contribution >= 0.6 is 39.3 Å². The quantitative estimate of drug-likeness (QED) is 0.571. The van der Waals surface area contributed by atoms with Gasteiger partial charge in [0.2, 0.25) is 5.91 Å². The monoisotopic (exact) mass is 511 g/mol. The SMILES string of the molecule is O=C(C1Sc2cc(Br)ccc2C1Cl)N1CC(N2CCN(C(=O)C(F)(F)F)CC2)C1. The van der Waals surface area contributed by atoms with Crippen molar-refractivity contribution in [3.05, 3.63) is 28.2 Å². The van der Waals surface area contributed by atoms with Crippen molar-refractivity contribution in [2.45, 2.75) is 27.7 Å². The molecule has 1 aromatic rings. The van der Waals surface area contributed by atoms with Gasteiger partial charge in [-0.25, -0.2) is 0 Å². The summed E-state index contributed by atoms with van der Waals surface area (Å²) in [7, 11) is 0. The molecule has 0 radical (unpaired) electrons. The summed E-state index contributed by atoms with van der Waals surface area (Å²) in [5, 5.41) is -0.755. The molecule has 5 nitrogen and oxygen atoms in total. The Morgan fingerprint density at radius 3 is 2.38 bits per heavy atom. The van der Waals surface area contributed by atoms with Crippen molar-refractivity contribution in [2.24, 2.45) is 0 Å². The molecule has 2 saturated heterocycles. The van der Waals surface area contributed by atoms with E-state index in [0.717, 1.165) is 19.8 Å². The fourth-order valence-electron chi connectivity index (χ4n) is 3.89. The fourth-order valence-corrected chi connectivity index (χ4v) is 6.23. The Balaban J connectivity index is 1.28. The third-order valence-electron chi connectivity index (χ3n) is 5.57. The Labute approximate surface area is 183 Å². The van der Waals surface area contributed by atoms with Crippen molar-refractivity contribution in [3.63, 3.8) is 0 Å². The van der Waals surface area contributed by atoms with Gasteiger partial charge in [0, 0.05) is 54.7 Å². The summed E-state index contributed by atoms with van der Waals surface area (Å²) in [5.74, 6) is -1.79. The normalized spacial score (nSPS) is 25.7. The lowest BCUT2D eigenvalue weighted by molar-refractivity contribution is -0.187. The molecule has 0 spiro atoms. The Morgan fingerprint density at radius 1 is 1.10 bits per heavy atom. The lowest BCUT2D eigenvalue weighted by atomic mass is 10.0. The highest BCUT2D eigenvalue weighted by Crippen LogP contribution is 2.49. The highest BCUT2D eigenvalue weighted by atomic mass is 79.9. The van der Waals surface area contributed by atoms with Gasteiger partial charge in [-0.15, -0.1) is 23.4 Å². The molecule has 0 saturated carbocycles. The van der Waals surface area contributed by atoms with Gasteiger partial charge in [-0.05, 0) is 17.7 Å². The number of thioether (sulfide) groups is 1. The number of hydrogen-bond donors (Lipinski definition) is 0. The van der Waals surface area contributed by atoms with Crippen LogP contribution in [0, 0.1) is 0 Å². The molecule has 3 aliphatic heterocycles. The van der Waals surface area contributed by atoms with Crippen LogP contribution in [-0.2, 0) is 9.59 Å². The van der Waals surface area contributed by atoms with Crippen LogP contribution in [0.3, 0.4) is 0 Å². The summed E-state index contributed by atoms with van der Waals surface area (Å²) < 4.78 is 38.6. The maximum absolute atomic E-state index is 12.9. The predicted octanol–water partition coefficient (Wildman–Crippen LogP) is 3.12. The number of carbonyl (C=O) groups excluding carboxylic acids is 2. The number of alkyl halides is 4. The molecule has 29 heavy (non-hydrogen) atoms. The van der Waals surface area contributed by atoms with Crippen molar-refractivity contribution in [1.29, 1.82) is 0 Å². The second kappa shape index (κ2) is 7.94. The molecule has 1 aromatic carbocycles. The van der Waals surface area contributed by atoms with E-state index in [-0.39, 0.29) is 35.7 Å². The topological polar surface area (TPSA) is 43.9 Å². The Morgan fingerprint density at radius 2 is 1.76 bits per heavy atom. The van der Waals surface area contributed by atoms with Crippen LogP contribution in [0.1, 0.15) is 10.9 Å². The Kier molecular flexibility index (Phi) is 5.82. The van der Waals surface area contributed by atoms with Gasteiger partial charge in [-0.1, -0.05) is 22.0 Å². The van der Waals surface area contributed by atoms with E-state index >= 15 is 0 Å². The van der Waals surface area contributed by atoms with Crippen molar-refractivity contribution in [2.75, 3.05) is 39.3 Å². The summed E-state index contributed by atoms with van der Waals surface area (Å²) in [6.07, 6.45) is -4.83. The molecular formula is C18H18BrClF3N3O2S. The number of rotatable bonds is 2. The van der Waals surface area contributed by atoms with Crippen LogP contribution < -0.4 is 0 Å². The highest BCUT2D eigenvalue weighted by molar-refractivity contribution is 9.10. The van der Waals surface area contributed by atoms with Crippen LogP contribution in [0.4, 0.5) is 13.2 Å². The number of nitrogens with zero attached hydrogens (tertiary/aromatic N) is 3. The Hall–Kier alpha value is -0.970. The molecule has 0 bridgehead atoms. The Bertz CT molecular complexity index is 829. The van der Waals surface area contributed by atoms with Gasteiger partial charge in [0.15, 0.2) is 0 Å². The van der Waals surface area contributed by atoms with E-state index in [4.69, 9.17) is 11.6 Å². The number of fused-ring (bicyclic) bond motifs is 1. The van der Waals surface area contributed by atoms with Gasteiger partial charge < -0.3 is 9.80 Å². The van der Waals surface area contributed by atoms with E-state index in [1.165, 1.54) is 11.8 Å². The number of halogens is 5. The molecule has 3 aliphatic rings. The average molecular weight is 513 g/mol. The first-order valence-corrected chi connectivity index (χ1v) is 11.2. The van der Waals surface area contributed by atoms with Crippen LogP contribution in [0.5, 0.6) is 0 Å². The third-order valence-corrected chi connectivity index (χ3v) is 8.04. The molecular weight excluding hydrogens is 495 g/mol. The van der Waals surface area contributed by atoms with Gasteiger partial charge in [0.05, 0.1) is 5.38 Å². The minimum absolute atomic E-state index is 0.00976. The van der Waals surface area contributed by atoms with Crippen LogP contribution in [0.2, 0.25) is 0 Å². The van der Waals surface area contributed by atoms with Crippen LogP contribution in [-0.4, -0.2) is 83.3 Å². The summed E-state index contributed by atoms with van der Waals surface area (Å²) in [6.45, 7) is 1.93. The van der Waals surface area contributed by atoms with Gasteiger partial charge in [-0.2, -0.15) is 13.2 Å². The average Bonchev–Trinajstić information content (AvgIpc) is 2.95. The minimum Gasteiger partial charge on any atom is -0.338 e. The number of carbonyl (C=O) groups is 2. The number of piperazine rings is 1. The lowest BCUT2D eigenvalue weighted by Crippen LogP contribution is -2.65. The molecule has 2 amide bonds. The van der Waals surface area contributed by atoms with Crippen molar-refractivity contribution in [3.8, 4) is 0 Å². The summed E-state index contributed by atoms with van der Waals surface area (Å²) in [5.41, 5.74) is 0.959. The van der Waals surface area contributed by atoms with Crippen molar-refractivity contribution >= 4 is 51.1 Å². The van der Waals surface area contributed by atoms with E-state index < -0.39 is 12.1 Å². The molecule has 4 rings (SSSR count). The molecule has 0 N–H and O–H groups in total. The first-order chi connectivity index (χ1) is 13.6. The lowest BCUT2D eigenvalue weighted by Gasteiger charge is -2.48. The van der Waals surface area contributed by atoms with Gasteiger partial charge in [-0.3, -0.25) is 14.5 Å². The van der Waals surface area contributed by atoms with Gasteiger partial charge in [0.25, 0.3) is 0 Å². The van der Waals surface area contributed by atoms with Crippen molar-refractivity contribution < 1.29 is 22.8 Å². The second-order valence-corrected chi connectivity index (χ2v) is 9.91. The smallest absolute Gasteiger partial charge is 0.338 e. The van der Waals surface area contributed by atoms with Crippen molar-refractivity contribution in [1.82, 2.24) is 14.7 Å². The molecule has 2 atom stereocenters. The van der Waals surface area contributed by atoms with E-state index in [0.29, 0.717) is 26.2 Å². The summed E-state index contributed by atoms with van der Waals surface area (Å²) in [4.78, 5) is 29.9. The maximum Gasteiger partial charge on any atom is 0.471 e. The third kappa shape index (κ3) is 4.13.